The molecule has 1 nitrogen and oxygen atoms in total. The summed E-state index contributed by atoms with van der Waals surface area (Å²) in [5, 5.41) is 3.22. The van der Waals surface area contributed by atoms with Crippen molar-refractivity contribution >= 4 is 5.69 Å². The van der Waals surface area contributed by atoms with Crippen molar-refractivity contribution in [3.05, 3.63) is 41.6 Å². The molecule has 0 aliphatic rings. The molecule has 0 fully saturated rings. The molecule has 1 aromatic rings. The normalized spacial score (nSPS) is 11.2. The van der Waals surface area contributed by atoms with Crippen molar-refractivity contribution in [3.8, 4) is 0 Å². The first-order chi connectivity index (χ1) is 6.65. The third-order valence-corrected chi connectivity index (χ3v) is 2.31. The highest BCUT2D eigenvalue weighted by Gasteiger charge is 2.02. The Labute approximate surface area is 86.8 Å². The fraction of sp³-hybridized carbons (Fsp3) is 0.385. The van der Waals surface area contributed by atoms with Crippen LogP contribution in [0.15, 0.2) is 30.5 Å². The van der Waals surface area contributed by atoms with E-state index in [4.69, 9.17) is 0 Å². The number of hydrogen-bond donors (Lipinski definition) is 1. The van der Waals surface area contributed by atoms with Crippen LogP contribution in [-0.4, -0.2) is 0 Å². The smallest absolute Gasteiger partial charge is 0.0382 e. The predicted octanol–water partition coefficient (Wildman–Crippen LogP) is 4.06. The van der Waals surface area contributed by atoms with E-state index in [1.807, 2.05) is 19.2 Å². The van der Waals surface area contributed by atoms with Crippen molar-refractivity contribution in [1.82, 2.24) is 0 Å². The van der Waals surface area contributed by atoms with E-state index in [0.717, 1.165) is 5.69 Å². The molecule has 0 saturated carbocycles. The quantitative estimate of drug-likeness (QED) is 0.756. The van der Waals surface area contributed by atoms with Gasteiger partial charge in [0, 0.05) is 5.69 Å². The molecule has 0 unspecified atom stereocenters. The molecule has 0 aliphatic carbocycles. The molecule has 0 heterocycles. The van der Waals surface area contributed by atoms with E-state index in [1.165, 1.54) is 11.1 Å². The summed E-state index contributed by atoms with van der Waals surface area (Å²) < 4.78 is 0. The van der Waals surface area contributed by atoms with Gasteiger partial charge < -0.3 is 5.32 Å². The maximum absolute atomic E-state index is 3.22. The summed E-state index contributed by atoms with van der Waals surface area (Å²) in [6.07, 6.45) is 3.94. The van der Waals surface area contributed by atoms with Crippen LogP contribution < -0.4 is 5.32 Å². The molecule has 76 valence electrons. The van der Waals surface area contributed by atoms with E-state index in [1.54, 1.807) is 0 Å². The number of aryl methyl sites for hydroxylation is 1. The summed E-state index contributed by atoms with van der Waals surface area (Å²) in [6, 6.07) is 6.52. The van der Waals surface area contributed by atoms with Crippen molar-refractivity contribution in [2.45, 2.75) is 33.6 Å². The van der Waals surface area contributed by atoms with Crippen LogP contribution in [0.1, 0.15) is 37.8 Å². The van der Waals surface area contributed by atoms with Gasteiger partial charge in [-0.05, 0) is 49.2 Å². The van der Waals surface area contributed by atoms with E-state index in [0.29, 0.717) is 5.92 Å². The van der Waals surface area contributed by atoms with Gasteiger partial charge in [-0.3, -0.25) is 0 Å². The number of benzene rings is 1. The van der Waals surface area contributed by atoms with Gasteiger partial charge in [-0.15, -0.1) is 0 Å². The Balaban J connectivity index is 2.89. The largest absolute Gasteiger partial charge is 0.362 e. The summed E-state index contributed by atoms with van der Waals surface area (Å²) in [7, 11) is 0. The summed E-state index contributed by atoms with van der Waals surface area (Å²) in [6.45, 7) is 8.61. The molecule has 1 rings (SSSR count). The lowest BCUT2D eigenvalue weighted by Gasteiger charge is -2.11. The van der Waals surface area contributed by atoms with Crippen LogP contribution in [0.2, 0.25) is 0 Å². The Kier molecular flexibility index (Phi) is 3.75. The molecule has 1 heteroatoms. The van der Waals surface area contributed by atoms with Crippen LogP contribution in [0.4, 0.5) is 5.69 Å². The minimum absolute atomic E-state index is 0.603. The summed E-state index contributed by atoms with van der Waals surface area (Å²) in [4.78, 5) is 0. The first kappa shape index (κ1) is 10.8. The second-order valence-corrected chi connectivity index (χ2v) is 3.87. The van der Waals surface area contributed by atoms with E-state index in [9.17, 15) is 0 Å². The van der Waals surface area contributed by atoms with Gasteiger partial charge in [-0.25, -0.2) is 0 Å². The Morgan fingerprint density at radius 1 is 1.29 bits per heavy atom. The Hall–Kier alpha value is -1.24. The summed E-state index contributed by atoms with van der Waals surface area (Å²) >= 11 is 0. The highest BCUT2D eigenvalue weighted by Crippen LogP contribution is 2.22. The van der Waals surface area contributed by atoms with Crippen LogP contribution in [0, 0.1) is 6.92 Å². The number of nitrogens with one attached hydrogen (secondary N) is 1. The zero-order valence-electron chi connectivity index (χ0n) is 9.46. The van der Waals surface area contributed by atoms with Crippen molar-refractivity contribution in [2.75, 3.05) is 5.32 Å². The van der Waals surface area contributed by atoms with E-state index in [2.05, 4.69) is 44.3 Å². The number of anilines is 1. The van der Waals surface area contributed by atoms with Crippen LogP contribution in [0.5, 0.6) is 0 Å². The van der Waals surface area contributed by atoms with Crippen LogP contribution in [0.25, 0.3) is 0 Å². The molecular weight excluding hydrogens is 170 g/mol. The highest BCUT2D eigenvalue weighted by molar-refractivity contribution is 5.50. The molecule has 0 amide bonds. The molecule has 0 bridgehead atoms. The molecule has 14 heavy (non-hydrogen) atoms. The molecule has 0 aliphatic heterocycles. The molecular formula is C13H19N. The van der Waals surface area contributed by atoms with Gasteiger partial charge in [0.2, 0.25) is 0 Å². The van der Waals surface area contributed by atoms with Crippen molar-refractivity contribution in [1.29, 1.82) is 0 Å². The molecule has 1 N–H and O–H groups in total. The minimum Gasteiger partial charge on any atom is -0.362 e. The van der Waals surface area contributed by atoms with E-state index in [-0.39, 0.29) is 0 Å². The first-order valence-corrected chi connectivity index (χ1v) is 5.13. The van der Waals surface area contributed by atoms with Gasteiger partial charge in [-0.1, -0.05) is 26.0 Å². The van der Waals surface area contributed by atoms with Gasteiger partial charge in [-0.2, -0.15) is 0 Å². The number of rotatable bonds is 3. The van der Waals surface area contributed by atoms with Crippen LogP contribution in [0.3, 0.4) is 0 Å². The number of hydrogen-bond acceptors (Lipinski definition) is 1. The zero-order chi connectivity index (χ0) is 10.6. The maximum atomic E-state index is 3.22. The predicted molar refractivity (Wildman–Crippen MR) is 63.7 cm³/mol. The molecule has 0 atom stereocenters. The average Bonchev–Trinajstić information content (AvgIpc) is 2.14. The van der Waals surface area contributed by atoms with Gasteiger partial charge in [0.05, 0.1) is 0 Å². The van der Waals surface area contributed by atoms with Gasteiger partial charge in [0.25, 0.3) is 0 Å². The molecule has 0 saturated heterocycles. The minimum atomic E-state index is 0.603. The van der Waals surface area contributed by atoms with Gasteiger partial charge in [0.15, 0.2) is 0 Å². The van der Waals surface area contributed by atoms with Crippen molar-refractivity contribution < 1.29 is 0 Å². The third kappa shape index (κ3) is 2.63. The topological polar surface area (TPSA) is 12.0 Å². The highest BCUT2D eigenvalue weighted by atomic mass is 14.8. The fourth-order valence-electron chi connectivity index (χ4n) is 1.59. The Morgan fingerprint density at radius 3 is 2.50 bits per heavy atom. The first-order valence-electron chi connectivity index (χ1n) is 5.13. The van der Waals surface area contributed by atoms with Crippen molar-refractivity contribution in [3.63, 3.8) is 0 Å². The summed E-state index contributed by atoms with van der Waals surface area (Å²) in [5.41, 5.74) is 3.94. The standard InChI is InChI=1S/C13H19N/c1-5-8-14-12-6-7-13(10(2)3)11(4)9-12/h5-10,14H,1-4H3. The van der Waals surface area contributed by atoms with E-state index >= 15 is 0 Å². The lowest BCUT2D eigenvalue weighted by molar-refractivity contribution is 0.857. The Morgan fingerprint density at radius 2 is 2.00 bits per heavy atom. The van der Waals surface area contributed by atoms with Gasteiger partial charge in [0.1, 0.15) is 0 Å². The lowest BCUT2D eigenvalue weighted by atomic mass is 9.98. The SMILES string of the molecule is CC=CNc1ccc(C(C)C)c(C)c1. The van der Waals surface area contributed by atoms with E-state index < -0.39 is 0 Å². The monoisotopic (exact) mass is 189 g/mol. The summed E-state index contributed by atoms with van der Waals surface area (Å²) in [5.74, 6) is 0.603. The molecule has 0 spiro atoms. The fourth-order valence-corrected chi connectivity index (χ4v) is 1.59. The third-order valence-electron chi connectivity index (χ3n) is 2.31. The average molecular weight is 189 g/mol. The molecule has 1 aromatic carbocycles. The van der Waals surface area contributed by atoms with Gasteiger partial charge >= 0.3 is 0 Å². The van der Waals surface area contributed by atoms with Crippen molar-refractivity contribution in [2.24, 2.45) is 0 Å². The lowest BCUT2D eigenvalue weighted by Crippen LogP contribution is -1.94. The zero-order valence-corrected chi connectivity index (χ0v) is 9.46. The maximum Gasteiger partial charge on any atom is 0.0382 e. The second-order valence-electron chi connectivity index (χ2n) is 3.87. The molecule has 0 radical (unpaired) electrons. The second kappa shape index (κ2) is 4.85. The number of allylic oxidation sites excluding steroid dienone is 1. The Bertz CT molecular complexity index is 324. The van der Waals surface area contributed by atoms with Crippen LogP contribution >= 0.6 is 0 Å². The molecule has 0 aromatic heterocycles. The van der Waals surface area contributed by atoms with Crippen LogP contribution in [-0.2, 0) is 0 Å².